The Balaban J connectivity index is 2.46. The van der Waals surface area contributed by atoms with Gasteiger partial charge in [-0.25, -0.2) is 4.98 Å². The molecule has 0 saturated carbocycles. The molecule has 0 atom stereocenters. The number of hydrogen-bond donors (Lipinski definition) is 1. The van der Waals surface area contributed by atoms with Gasteiger partial charge in [0.2, 0.25) is 5.89 Å². The molecule has 19 heavy (non-hydrogen) atoms. The molecule has 1 aromatic carbocycles. The molecule has 0 radical (unpaired) electrons. The Kier molecular flexibility index (Phi) is 3.79. The van der Waals surface area contributed by atoms with Crippen molar-refractivity contribution in [2.75, 3.05) is 11.9 Å². The third-order valence-electron chi connectivity index (χ3n) is 2.63. The molecule has 0 spiro atoms. The topological polar surface area (TPSA) is 81.2 Å². The van der Waals surface area contributed by atoms with Crippen LogP contribution in [0, 0.1) is 17.0 Å². The molecular weight excluding hydrogens is 246 g/mol. The first-order valence-corrected chi connectivity index (χ1v) is 6.07. The largest absolute Gasteiger partial charge is 0.441 e. The monoisotopic (exact) mass is 261 g/mol. The first-order valence-electron chi connectivity index (χ1n) is 6.07. The Labute approximate surface area is 110 Å². The highest BCUT2D eigenvalue weighted by Crippen LogP contribution is 2.31. The van der Waals surface area contributed by atoms with E-state index in [9.17, 15) is 10.1 Å². The summed E-state index contributed by atoms with van der Waals surface area (Å²) in [5.41, 5.74) is 1.41. The van der Waals surface area contributed by atoms with Crippen molar-refractivity contribution in [3.63, 3.8) is 0 Å². The molecule has 6 heteroatoms. The van der Waals surface area contributed by atoms with Gasteiger partial charge in [-0.15, -0.1) is 0 Å². The number of rotatable bonds is 5. The van der Waals surface area contributed by atoms with Crippen molar-refractivity contribution in [3.8, 4) is 11.5 Å². The fourth-order valence-corrected chi connectivity index (χ4v) is 1.72. The molecule has 2 rings (SSSR count). The predicted octanol–water partition coefficient (Wildman–Crippen LogP) is 3.38. The fourth-order valence-electron chi connectivity index (χ4n) is 1.72. The lowest BCUT2D eigenvalue weighted by Crippen LogP contribution is -2.02. The number of nitrogens with one attached hydrogen (secondary N) is 1. The Morgan fingerprint density at radius 1 is 1.47 bits per heavy atom. The summed E-state index contributed by atoms with van der Waals surface area (Å²) in [6, 6.07) is 4.63. The summed E-state index contributed by atoms with van der Waals surface area (Å²) >= 11 is 0. The summed E-state index contributed by atoms with van der Waals surface area (Å²) in [6.07, 6.45) is 2.55. The standard InChI is InChI=1S/C13H15N3O3/c1-3-6-14-12-5-4-10(16(17)18)7-11(12)13-15-8-9(2)19-13/h4-5,7-8,14H,3,6H2,1-2H3. The van der Waals surface area contributed by atoms with E-state index in [0.29, 0.717) is 17.2 Å². The normalized spacial score (nSPS) is 10.4. The maximum atomic E-state index is 10.8. The van der Waals surface area contributed by atoms with E-state index in [1.165, 1.54) is 12.1 Å². The Morgan fingerprint density at radius 3 is 2.84 bits per heavy atom. The van der Waals surface area contributed by atoms with Crippen LogP contribution in [0.4, 0.5) is 11.4 Å². The Morgan fingerprint density at radius 2 is 2.26 bits per heavy atom. The van der Waals surface area contributed by atoms with Crippen molar-refractivity contribution < 1.29 is 9.34 Å². The molecule has 0 unspecified atom stereocenters. The molecule has 0 amide bonds. The minimum Gasteiger partial charge on any atom is -0.441 e. The summed E-state index contributed by atoms with van der Waals surface area (Å²) in [7, 11) is 0. The van der Waals surface area contributed by atoms with Gasteiger partial charge in [0, 0.05) is 24.4 Å². The van der Waals surface area contributed by atoms with Gasteiger partial charge in [0.05, 0.1) is 16.7 Å². The van der Waals surface area contributed by atoms with Crippen molar-refractivity contribution in [1.82, 2.24) is 4.98 Å². The second-order valence-electron chi connectivity index (χ2n) is 4.19. The maximum absolute atomic E-state index is 10.8. The number of non-ortho nitro benzene ring substituents is 1. The molecule has 0 aliphatic heterocycles. The van der Waals surface area contributed by atoms with E-state index in [-0.39, 0.29) is 5.69 Å². The molecule has 100 valence electrons. The molecule has 0 saturated heterocycles. The number of nitrogens with zero attached hydrogens (tertiary/aromatic N) is 2. The molecule has 1 N–H and O–H groups in total. The van der Waals surface area contributed by atoms with E-state index in [0.717, 1.165) is 18.7 Å². The van der Waals surface area contributed by atoms with Crippen molar-refractivity contribution in [3.05, 3.63) is 40.3 Å². The Hall–Kier alpha value is -2.37. The zero-order valence-electron chi connectivity index (χ0n) is 10.8. The quantitative estimate of drug-likeness (QED) is 0.659. The lowest BCUT2D eigenvalue weighted by Gasteiger charge is -2.08. The SMILES string of the molecule is CCCNc1ccc([N+](=O)[O-])cc1-c1ncc(C)o1. The zero-order chi connectivity index (χ0) is 13.8. The second-order valence-corrected chi connectivity index (χ2v) is 4.19. The third kappa shape index (κ3) is 2.90. The number of anilines is 1. The summed E-state index contributed by atoms with van der Waals surface area (Å²) in [5.74, 6) is 1.06. The minimum absolute atomic E-state index is 0.0212. The van der Waals surface area contributed by atoms with Gasteiger partial charge < -0.3 is 9.73 Å². The molecule has 1 heterocycles. The average Bonchev–Trinajstić information content (AvgIpc) is 2.82. The van der Waals surface area contributed by atoms with Crippen LogP contribution in [0.2, 0.25) is 0 Å². The highest BCUT2D eigenvalue weighted by molar-refractivity contribution is 5.75. The number of aryl methyl sites for hydroxylation is 1. The average molecular weight is 261 g/mol. The number of benzene rings is 1. The number of hydrogen-bond acceptors (Lipinski definition) is 5. The van der Waals surface area contributed by atoms with E-state index >= 15 is 0 Å². The molecule has 2 aromatic rings. The number of aromatic nitrogens is 1. The van der Waals surface area contributed by atoms with Gasteiger partial charge in [0.15, 0.2) is 0 Å². The summed E-state index contributed by atoms with van der Waals surface area (Å²) < 4.78 is 5.45. The van der Waals surface area contributed by atoms with Crippen LogP contribution in [0.3, 0.4) is 0 Å². The smallest absolute Gasteiger partial charge is 0.270 e. The zero-order valence-corrected chi connectivity index (χ0v) is 10.8. The highest BCUT2D eigenvalue weighted by Gasteiger charge is 2.15. The minimum atomic E-state index is -0.428. The van der Waals surface area contributed by atoms with Gasteiger partial charge in [-0.05, 0) is 19.4 Å². The molecule has 0 bridgehead atoms. The van der Waals surface area contributed by atoms with Crippen LogP contribution in [-0.2, 0) is 0 Å². The van der Waals surface area contributed by atoms with Crippen LogP contribution in [0.1, 0.15) is 19.1 Å². The van der Waals surface area contributed by atoms with Crippen LogP contribution in [-0.4, -0.2) is 16.5 Å². The van der Waals surface area contributed by atoms with Crippen molar-refractivity contribution in [2.45, 2.75) is 20.3 Å². The van der Waals surface area contributed by atoms with Crippen LogP contribution in [0.15, 0.2) is 28.8 Å². The van der Waals surface area contributed by atoms with Gasteiger partial charge in [-0.1, -0.05) is 6.92 Å². The molecule has 0 fully saturated rings. The lowest BCUT2D eigenvalue weighted by atomic mass is 10.1. The second kappa shape index (κ2) is 5.51. The van der Waals surface area contributed by atoms with Crippen molar-refractivity contribution in [1.29, 1.82) is 0 Å². The van der Waals surface area contributed by atoms with Gasteiger partial charge in [-0.3, -0.25) is 10.1 Å². The van der Waals surface area contributed by atoms with Gasteiger partial charge in [0.25, 0.3) is 5.69 Å². The van der Waals surface area contributed by atoms with E-state index in [1.54, 1.807) is 19.2 Å². The van der Waals surface area contributed by atoms with Crippen molar-refractivity contribution in [2.24, 2.45) is 0 Å². The highest BCUT2D eigenvalue weighted by atomic mass is 16.6. The van der Waals surface area contributed by atoms with Crippen molar-refractivity contribution >= 4 is 11.4 Å². The number of nitro groups is 1. The molecule has 6 nitrogen and oxygen atoms in total. The van der Waals surface area contributed by atoms with Crippen LogP contribution >= 0.6 is 0 Å². The van der Waals surface area contributed by atoms with E-state index in [2.05, 4.69) is 10.3 Å². The lowest BCUT2D eigenvalue weighted by molar-refractivity contribution is -0.384. The molecule has 0 aliphatic rings. The van der Waals surface area contributed by atoms with E-state index in [4.69, 9.17) is 4.42 Å². The number of nitro benzene ring substituents is 1. The first kappa shape index (κ1) is 13.1. The van der Waals surface area contributed by atoms with E-state index in [1.807, 2.05) is 6.92 Å². The van der Waals surface area contributed by atoms with Crippen LogP contribution in [0.25, 0.3) is 11.5 Å². The third-order valence-corrected chi connectivity index (χ3v) is 2.63. The summed E-state index contributed by atoms with van der Waals surface area (Å²) in [6.45, 7) is 4.62. The van der Waals surface area contributed by atoms with Gasteiger partial charge in [-0.2, -0.15) is 0 Å². The van der Waals surface area contributed by atoms with Gasteiger partial charge in [0.1, 0.15) is 5.76 Å². The van der Waals surface area contributed by atoms with Crippen LogP contribution in [0.5, 0.6) is 0 Å². The molecular formula is C13H15N3O3. The summed E-state index contributed by atoms with van der Waals surface area (Å²) in [5, 5.41) is 14.1. The van der Waals surface area contributed by atoms with E-state index < -0.39 is 4.92 Å². The first-order chi connectivity index (χ1) is 9.11. The molecule has 1 aromatic heterocycles. The maximum Gasteiger partial charge on any atom is 0.270 e. The van der Waals surface area contributed by atoms with Crippen LogP contribution < -0.4 is 5.32 Å². The summed E-state index contributed by atoms with van der Waals surface area (Å²) in [4.78, 5) is 14.5. The molecule has 0 aliphatic carbocycles. The Bertz CT molecular complexity index is 593. The van der Waals surface area contributed by atoms with Gasteiger partial charge >= 0.3 is 0 Å². The predicted molar refractivity (Wildman–Crippen MR) is 72.1 cm³/mol. The number of oxazole rings is 1. The fraction of sp³-hybridized carbons (Fsp3) is 0.308.